The van der Waals surface area contributed by atoms with Gasteiger partial charge in [0.2, 0.25) is 5.89 Å². The molecule has 1 amide bonds. The molecule has 116 valence electrons. The van der Waals surface area contributed by atoms with E-state index in [0.29, 0.717) is 18.3 Å². The second-order valence-electron chi connectivity index (χ2n) is 5.60. The maximum absolute atomic E-state index is 12.5. The number of nitrogens with one attached hydrogen (secondary N) is 1. The van der Waals surface area contributed by atoms with Crippen molar-refractivity contribution in [1.82, 2.24) is 25.0 Å². The Morgan fingerprint density at radius 3 is 2.95 bits per heavy atom. The van der Waals surface area contributed by atoms with Crippen molar-refractivity contribution in [2.75, 3.05) is 6.54 Å². The number of carbonyl (C=O) groups excluding carboxylic acids is 1. The molecule has 1 aliphatic heterocycles. The highest BCUT2D eigenvalue weighted by Gasteiger charge is 2.35. The van der Waals surface area contributed by atoms with Gasteiger partial charge in [0.1, 0.15) is 11.7 Å². The smallest absolute Gasteiger partial charge is 0.274 e. The van der Waals surface area contributed by atoms with Gasteiger partial charge in [-0.25, -0.2) is 4.98 Å². The van der Waals surface area contributed by atoms with Crippen LogP contribution < -0.4 is 5.56 Å². The molecule has 1 unspecified atom stereocenters. The van der Waals surface area contributed by atoms with E-state index < -0.39 is 0 Å². The molecular formula is C14H17N5O3. The molecule has 0 spiro atoms. The van der Waals surface area contributed by atoms with E-state index in [1.807, 2.05) is 13.8 Å². The molecule has 0 radical (unpaired) electrons. The largest absolute Gasteiger partial charge is 0.337 e. The standard InChI is InChI=1S/C14H17N5O3/c1-8(2)12-17-13(22-18-12)10-4-3-5-19(10)14(21)9-6-16-11(20)7-15-9/h6-8,10H,3-5H2,1-2H3,(H,16,20). The van der Waals surface area contributed by atoms with Crippen molar-refractivity contribution in [1.29, 1.82) is 0 Å². The lowest BCUT2D eigenvalue weighted by molar-refractivity contribution is 0.0703. The predicted octanol–water partition coefficient (Wildman–Crippen LogP) is 1.25. The zero-order valence-electron chi connectivity index (χ0n) is 12.4. The average molecular weight is 303 g/mol. The number of nitrogens with zero attached hydrogens (tertiary/aromatic N) is 4. The summed E-state index contributed by atoms with van der Waals surface area (Å²) in [6.45, 7) is 4.57. The fraction of sp³-hybridized carbons (Fsp3) is 0.500. The van der Waals surface area contributed by atoms with Gasteiger partial charge in [-0.05, 0) is 12.8 Å². The van der Waals surface area contributed by atoms with Crippen LogP contribution >= 0.6 is 0 Å². The van der Waals surface area contributed by atoms with Crippen LogP contribution in [0.4, 0.5) is 0 Å². The number of amides is 1. The summed E-state index contributed by atoms with van der Waals surface area (Å²) in [5, 5.41) is 3.95. The van der Waals surface area contributed by atoms with Crippen LogP contribution in [0.5, 0.6) is 0 Å². The first-order valence-corrected chi connectivity index (χ1v) is 7.25. The van der Waals surface area contributed by atoms with Gasteiger partial charge >= 0.3 is 0 Å². The Hall–Kier alpha value is -2.51. The van der Waals surface area contributed by atoms with Crippen LogP contribution in [0.25, 0.3) is 0 Å². The summed E-state index contributed by atoms with van der Waals surface area (Å²) >= 11 is 0. The Morgan fingerprint density at radius 2 is 2.32 bits per heavy atom. The topological polar surface area (TPSA) is 105 Å². The summed E-state index contributed by atoms with van der Waals surface area (Å²) in [4.78, 5) is 36.0. The minimum absolute atomic E-state index is 0.170. The summed E-state index contributed by atoms with van der Waals surface area (Å²) < 4.78 is 5.31. The minimum atomic E-state index is -0.340. The maximum Gasteiger partial charge on any atom is 0.274 e. The second kappa shape index (κ2) is 5.70. The first-order chi connectivity index (χ1) is 10.6. The number of carbonyl (C=O) groups is 1. The van der Waals surface area contributed by atoms with Gasteiger partial charge in [0.25, 0.3) is 11.5 Å². The lowest BCUT2D eigenvalue weighted by Crippen LogP contribution is -2.32. The van der Waals surface area contributed by atoms with E-state index in [1.165, 1.54) is 6.20 Å². The van der Waals surface area contributed by atoms with Crippen LogP contribution in [0.2, 0.25) is 0 Å². The van der Waals surface area contributed by atoms with Crippen molar-refractivity contribution in [3.05, 3.63) is 40.2 Å². The molecule has 8 heteroatoms. The molecule has 3 heterocycles. The first-order valence-electron chi connectivity index (χ1n) is 7.25. The minimum Gasteiger partial charge on any atom is -0.337 e. The van der Waals surface area contributed by atoms with E-state index in [0.717, 1.165) is 19.0 Å². The molecule has 3 rings (SSSR count). The predicted molar refractivity (Wildman–Crippen MR) is 76.3 cm³/mol. The molecule has 1 N–H and O–H groups in total. The number of H-pyrrole nitrogens is 1. The molecule has 8 nitrogen and oxygen atoms in total. The molecule has 1 fully saturated rings. The van der Waals surface area contributed by atoms with Gasteiger partial charge in [-0.2, -0.15) is 4.98 Å². The lowest BCUT2D eigenvalue weighted by Gasteiger charge is -2.21. The van der Waals surface area contributed by atoms with Crippen molar-refractivity contribution in [3.63, 3.8) is 0 Å². The molecule has 2 aromatic heterocycles. The van der Waals surface area contributed by atoms with E-state index in [4.69, 9.17) is 4.52 Å². The number of aromatic nitrogens is 4. The van der Waals surface area contributed by atoms with Crippen molar-refractivity contribution >= 4 is 5.91 Å². The highest BCUT2D eigenvalue weighted by Crippen LogP contribution is 2.32. The van der Waals surface area contributed by atoms with Crippen LogP contribution in [0.3, 0.4) is 0 Å². The van der Waals surface area contributed by atoms with E-state index in [-0.39, 0.29) is 29.1 Å². The Labute approximate surface area is 126 Å². The van der Waals surface area contributed by atoms with Crippen molar-refractivity contribution in [2.24, 2.45) is 0 Å². The molecule has 0 aliphatic carbocycles. The van der Waals surface area contributed by atoms with Gasteiger partial charge in [-0.15, -0.1) is 0 Å². The molecule has 1 atom stereocenters. The monoisotopic (exact) mass is 303 g/mol. The fourth-order valence-corrected chi connectivity index (χ4v) is 2.49. The molecule has 0 aromatic carbocycles. The normalized spacial score (nSPS) is 18.1. The quantitative estimate of drug-likeness (QED) is 0.915. The van der Waals surface area contributed by atoms with E-state index in [1.54, 1.807) is 4.90 Å². The van der Waals surface area contributed by atoms with Crippen molar-refractivity contribution < 1.29 is 9.32 Å². The van der Waals surface area contributed by atoms with Crippen LogP contribution in [-0.4, -0.2) is 37.5 Å². The number of hydrogen-bond acceptors (Lipinski definition) is 6. The Morgan fingerprint density at radius 1 is 1.50 bits per heavy atom. The summed E-state index contributed by atoms with van der Waals surface area (Å²) in [5.41, 5.74) is -0.136. The van der Waals surface area contributed by atoms with Gasteiger partial charge in [-0.1, -0.05) is 19.0 Å². The van der Waals surface area contributed by atoms with Crippen LogP contribution in [0, 0.1) is 0 Å². The number of likely N-dealkylation sites (tertiary alicyclic amines) is 1. The fourth-order valence-electron chi connectivity index (χ4n) is 2.49. The molecule has 1 saturated heterocycles. The third kappa shape index (κ3) is 2.63. The Bertz CT molecular complexity index is 716. The maximum atomic E-state index is 12.5. The first kappa shape index (κ1) is 14.4. The van der Waals surface area contributed by atoms with Gasteiger partial charge in [-0.3, -0.25) is 9.59 Å². The molecule has 1 aliphatic rings. The van der Waals surface area contributed by atoms with E-state index in [9.17, 15) is 9.59 Å². The number of hydrogen-bond donors (Lipinski definition) is 1. The summed E-state index contributed by atoms with van der Waals surface area (Å²) in [6, 6.07) is -0.235. The summed E-state index contributed by atoms with van der Waals surface area (Å²) in [5.74, 6) is 1.02. The zero-order valence-corrected chi connectivity index (χ0v) is 12.4. The molecule has 0 saturated carbocycles. The van der Waals surface area contributed by atoms with Gasteiger partial charge in [0.05, 0.1) is 6.20 Å². The lowest BCUT2D eigenvalue weighted by atomic mass is 10.2. The third-order valence-corrected chi connectivity index (χ3v) is 3.66. The van der Waals surface area contributed by atoms with Gasteiger partial charge in [0, 0.05) is 18.7 Å². The van der Waals surface area contributed by atoms with Crippen molar-refractivity contribution in [3.8, 4) is 0 Å². The van der Waals surface area contributed by atoms with Crippen LogP contribution in [-0.2, 0) is 0 Å². The highest BCUT2D eigenvalue weighted by molar-refractivity contribution is 5.92. The number of aromatic amines is 1. The second-order valence-corrected chi connectivity index (χ2v) is 5.60. The highest BCUT2D eigenvalue weighted by atomic mass is 16.5. The SMILES string of the molecule is CC(C)c1noc(C2CCCN2C(=O)c2c[nH]c(=O)cn2)n1. The van der Waals surface area contributed by atoms with Gasteiger partial charge in [0.15, 0.2) is 5.82 Å². The molecular weight excluding hydrogens is 286 g/mol. The third-order valence-electron chi connectivity index (χ3n) is 3.66. The van der Waals surface area contributed by atoms with Crippen LogP contribution in [0.1, 0.15) is 60.9 Å². The molecule has 0 bridgehead atoms. The van der Waals surface area contributed by atoms with E-state index in [2.05, 4.69) is 20.1 Å². The zero-order chi connectivity index (χ0) is 15.7. The average Bonchev–Trinajstić information content (AvgIpc) is 3.16. The summed E-state index contributed by atoms with van der Waals surface area (Å²) in [7, 11) is 0. The molecule has 2 aromatic rings. The Kier molecular flexibility index (Phi) is 3.74. The van der Waals surface area contributed by atoms with Crippen LogP contribution in [0.15, 0.2) is 21.7 Å². The summed E-state index contributed by atoms with van der Waals surface area (Å²) in [6.07, 6.45) is 4.06. The molecule has 22 heavy (non-hydrogen) atoms. The van der Waals surface area contributed by atoms with Gasteiger partial charge < -0.3 is 14.4 Å². The Balaban J connectivity index is 1.84. The van der Waals surface area contributed by atoms with E-state index >= 15 is 0 Å². The van der Waals surface area contributed by atoms with Crippen molar-refractivity contribution in [2.45, 2.75) is 38.6 Å². The number of rotatable bonds is 3.